The summed E-state index contributed by atoms with van der Waals surface area (Å²) in [5, 5.41) is 2.88. The first kappa shape index (κ1) is 27.4. The number of carbonyl (C=O) groups is 2. The Balaban J connectivity index is 2.47. The fraction of sp³-hybridized carbons (Fsp3) is 0.462. The number of hydrogen-bond donors (Lipinski definition) is 1. The molecule has 7 nitrogen and oxygen atoms in total. The highest BCUT2D eigenvalue weighted by Gasteiger charge is 2.32. The highest BCUT2D eigenvalue weighted by Crippen LogP contribution is 2.25. The van der Waals surface area contributed by atoms with E-state index in [0.717, 1.165) is 39.2 Å². The summed E-state index contributed by atoms with van der Waals surface area (Å²) in [5.41, 5.74) is 4.04. The molecule has 2 rings (SSSR count). The van der Waals surface area contributed by atoms with E-state index in [-0.39, 0.29) is 19.0 Å². The highest BCUT2D eigenvalue weighted by atomic mass is 32.2. The van der Waals surface area contributed by atoms with Crippen LogP contribution in [0.15, 0.2) is 42.5 Å². The summed E-state index contributed by atoms with van der Waals surface area (Å²) < 4.78 is 26.6. The second-order valence-corrected chi connectivity index (χ2v) is 10.7. The van der Waals surface area contributed by atoms with Gasteiger partial charge >= 0.3 is 0 Å². The van der Waals surface area contributed by atoms with Gasteiger partial charge in [-0.15, -0.1) is 0 Å². The number of nitrogens with zero attached hydrogens (tertiary/aromatic N) is 2. The second-order valence-electron chi connectivity index (χ2n) is 8.79. The van der Waals surface area contributed by atoms with E-state index in [1.165, 1.54) is 4.90 Å². The maximum Gasteiger partial charge on any atom is 0.244 e. The normalized spacial score (nSPS) is 12.2. The van der Waals surface area contributed by atoms with Gasteiger partial charge in [-0.05, 0) is 56.4 Å². The third-order valence-corrected chi connectivity index (χ3v) is 6.81. The molecule has 0 unspecified atom stereocenters. The maximum atomic E-state index is 13.7. The fourth-order valence-corrected chi connectivity index (χ4v) is 4.77. The molecular weight excluding hydrogens is 450 g/mol. The van der Waals surface area contributed by atoms with Crippen molar-refractivity contribution >= 4 is 27.5 Å². The number of aryl methyl sites for hydroxylation is 3. The molecule has 2 amide bonds. The van der Waals surface area contributed by atoms with Crippen molar-refractivity contribution in [3.63, 3.8) is 0 Å². The molecule has 34 heavy (non-hydrogen) atoms. The Kier molecular flexibility index (Phi) is 9.67. The number of nitrogens with one attached hydrogen (secondary N) is 1. The van der Waals surface area contributed by atoms with E-state index in [1.807, 2.05) is 71.0 Å². The van der Waals surface area contributed by atoms with Gasteiger partial charge in [-0.3, -0.25) is 13.9 Å². The lowest BCUT2D eigenvalue weighted by atomic mass is 10.1. The van der Waals surface area contributed by atoms with Gasteiger partial charge in [0.25, 0.3) is 0 Å². The molecule has 186 valence electrons. The highest BCUT2D eigenvalue weighted by molar-refractivity contribution is 7.92. The van der Waals surface area contributed by atoms with Crippen LogP contribution in [0.4, 0.5) is 5.69 Å². The van der Waals surface area contributed by atoms with Crippen molar-refractivity contribution in [3.8, 4) is 0 Å². The lowest BCUT2D eigenvalue weighted by Crippen LogP contribution is -2.52. The summed E-state index contributed by atoms with van der Waals surface area (Å²) in [6.45, 7) is 9.81. The molecule has 8 heteroatoms. The monoisotopic (exact) mass is 487 g/mol. The molecule has 0 aliphatic carbocycles. The largest absolute Gasteiger partial charge is 0.354 e. The molecule has 0 spiro atoms. The van der Waals surface area contributed by atoms with E-state index in [9.17, 15) is 18.0 Å². The van der Waals surface area contributed by atoms with Gasteiger partial charge < -0.3 is 10.2 Å². The van der Waals surface area contributed by atoms with Crippen LogP contribution in [0, 0.1) is 20.8 Å². The van der Waals surface area contributed by atoms with Gasteiger partial charge in [0, 0.05) is 13.1 Å². The van der Waals surface area contributed by atoms with Crippen molar-refractivity contribution in [2.45, 2.75) is 60.0 Å². The number of sulfonamides is 1. The first-order valence-corrected chi connectivity index (χ1v) is 13.5. The number of amides is 2. The SMILES string of the molecule is CCCNC(=O)[C@@H](CC)N(Cc1cccc(C)c1)C(=O)CN(c1cc(C)ccc1C)S(C)(=O)=O. The molecule has 1 atom stereocenters. The number of carbonyl (C=O) groups excluding carboxylic acids is 2. The Bertz CT molecular complexity index is 1110. The van der Waals surface area contributed by atoms with Gasteiger partial charge in [0.2, 0.25) is 21.8 Å². The molecule has 0 heterocycles. The van der Waals surface area contributed by atoms with Crippen LogP contribution in [0.2, 0.25) is 0 Å². The van der Waals surface area contributed by atoms with Gasteiger partial charge in [0.05, 0.1) is 11.9 Å². The summed E-state index contributed by atoms with van der Waals surface area (Å²) in [7, 11) is -3.75. The molecule has 2 aromatic rings. The lowest BCUT2D eigenvalue weighted by molar-refractivity contribution is -0.140. The lowest BCUT2D eigenvalue weighted by Gasteiger charge is -2.33. The van der Waals surface area contributed by atoms with Crippen LogP contribution in [0.1, 0.15) is 48.9 Å². The topological polar surface area (TPSA) is 86.8 Å². The zero-order valence-corrected chi connectivity index (χ0v) is 21.9. The number of hydrogen-bond acceptors (Lipinski definition) is 4. The fourth-order valence-electron chi connectivity index (χ4n) is 3.88. The summed E-state index contributed by atoms with van der Waals surface area (Å²) in [6.07, 6.45) is 2.29. The van der Waals surface area contributed by atoms with Gasteiger partial charge in [-0.1, -0.05) is 55.8 Å². The molecule has 0 fully saturated rings. The van der Waals surface area contributed by atoms with Crippen molar-refractivity contribution in [1.29, 1.82) is 0 Å². The summed E-state index contributed by atoms with van der Waals surface area (Å²) in [4.78, 5) is 28.1. The molecular formula is C26H37N3O4S. The van der Waals surface area contributed by atoms with E-state index in [0.29, 0.717) is 18.7 Å². The van der Waals surface area contributed by atoms with Gasteiger partial charge in [-0.2, -0.15) is 0 Å². The predicted octanol–water partition coefficient (Wildman–Crippen LogP) is 3.71. The van der Waals surface area contributed by atoms with Crippen LogP contribution in [0.3, 0.4) is 0 Å². The molecule has 2 aromatic carbocycles. The minimum Gasteiger partial charge on any atom is -0.354 e. The average Bonchev–Trinajstić information content (AvgIpc) is 2.76. The molecule has 1 N–H and O–H groups in total. The smallest absolute Gasteiger partial charge is 0.244 e. The van der Waals surface area contributed by atoms with Crippen molar-refractivity contribution in [3.05, 3.63) is 64.7 Å². The Hall–Kier alpha value is -2.87. The van der Waals surface area contributed by atoms with E-state index in [1.54, 1.807) is 6.07 Å². The molecule has 0 aromatic heterocycles. The minimum atomic E-state index is -3.75. The summed E-state index contributed by atoms with van der Waals surface area (Å²) >= 11 is 0. The molecule has 0 aliphatic heterocycles. The van der Waals surface area contributed by atoms with Crippen LogP contribution < -0.4 is 9.62 Å². The van der Waals surface area contributed by atoms with Crippen molar-refractivity contribution in [2.75, 3.05) is 23.7 Å². The number of rotatable bonds is 11. The molecule has 0 radical (unpaired) electrons. The van der Waals surface area contributed by atoms with Gasteiger partial charge in [-0.25, -0.2) is 8.42 Å². The Labute approximate surface area is 204 Å². The first-order chi connectivity index (χ1) is 16.0. The third-order valence-electron chi connectivity index (χ3n) is 5.68. The van der Waals surface area contributed by atoms with Crippen LogP contribution in [-0.4, -0.2) is 50.5 Å². The Morgan fingerprint density at radius 1 is 1.00 bits per heavy atom. The number of anilines is 1. The zero-order valence-electron chi connectivity index (χ0n) is 21.1. The summed E-state index contributed by atoms with van der Waals surface area (Å²) in [5.74, 6) is -0.658. The predicted molar refractivity (Wildman–Crippen MR) is 137 cm³/mol. The molecule has 0 bridgehead atoms. The van der Waals surface area contributed by atoms with Crippen molar-refractivity contribution in [1.82, 2.24) is 10.2 Å². The van der Waals surface area contributed by atoms with Crippen LogP contribution in [0.5, 0.6) is 0 Å². The second kappa shape index (κ2) is 12.0. The quantitative estimate of drug-likeness (QED) is 0.523. The van der Waals surface area contributed by atoms with Crippen LogP contribution in [0.25, 0.3) is 0 Å². The molecule has 0 saturated carbocycles. The van der Waals surface area contributed by atoms with E-state index in [2.05, 4.69) is 5.32 Å². The minimum absolute atomic E-state index is 0.211. The maximum absolute atomic E-state index is 13.7. The Morgan fingerprint density at radius 3 is 2.26 bits per heavy atom. The van der Waals surface area contributed by atoms with Crippen LogP contribution >= 0.6 is 0 Å². The van der Waals surface area contributed by atoms with Gasteiger partial charge in [0.1, 0.15) is 12.6 Å². The van der Waals surface area contributed by atoms with E-state index < -0.39 is 22.0 Å². The van der Waals surface area contributed by atoms with Crippen molar-refractivity contribution in [2.24, 2.45) is 0 Å². The zero-order chi connectivity index (χ0) is 25.5. The Morgan fingerprint density at radius 2 is 1.68 bits per heavy atom. The summed E-state index contributed by atoms with van der Waals surface area (Å²) in [6, 6.07) is 12.5. The number of benzene rings is 2. The van der Waals surface area contributed by atoms with E-state index >= 15 is 0 Å². The standard InChI is InChI=1S/C26H37N3O4S/c1-7-14-27-26(31)23(8-2)28(17-22-11-9-10-19(3)15-22)25(30)18-29(34(6,32)33)24-16-20(4)12-13-21(24)5/h9-13,15-16,23H,7-8,14,17-18H2,1-6H3,(H,27,31)/t23-/m1/s1. The van der Waals surface area contributed by atoms with Crippen molar-refractivity contribution < 1.29 is 18.0 Å². The first-order valence-electron chi connectivity index (χ1n) is 11.7. The molecule has 0 aliphatic rings. The van der Waals surface area contributed by atoms with Crippen LogP contribution in [-0.2, 0) is 26.2 Å². The molecule has 0 saturated heterocycles. The van der Waals surface area contributed by atoms with E-state index in [4.69, 9.17) is 0 Å². The third kappa shape index (κ3) is 7.32. The average molecular weight is 488 g/mol. The van der Waals surface area contributed by atoms with Gasteiger partial charge in [0.15, 0.2) is 0 Å².